The molecule has 0 saturated carbocycles. The van der Waals surface area contributed by atoms with Gasteiger partial charge in [0.2, 0.25) is 5.71 Å². The van der Waals surface area contributed by atoms with Gasteiger partial charge in [-0.25, -0.2) is 0 Å². The Morgan fingerprint density at radius 1 is 1.50 bits per heavy atom. The van der Waals surface area contributed by atoms with Gasteiger partial charge in [-0.2, -0.15) is 5.06 Å². The van der Waals surface area contributed by atoms with Crippen molar-refractivity contribution in [2.75, 3.05) is 7.05 Å². The highest BCUT2D eigenvalue weighted by Gasteiger charge is 2.36. The molecule has 0 aliphatic heterocycles. The second-order valence-corrected chi connectivity index (χ2v) is 3.56. The van der Waals surface area contributed by atoms with Gasteiger partial charge in [0.05, 0.1) is 4.74 Å². The van der Waals surface area contributed by atoms with Gasteiger partial charge in [-0.15, -0.1) is 0 Å². The first kappa shape index (κ1) is 12.9. The maximum atomic E-state index is 9.58. The molecule has 0 atom stereocenters. The fourth-order valence-electron chi connectivity index (χ4n) is 1.20. The molecule has 0 aromatic carbocycles. The van der Waals surface area contributed by atoms with E-state index in [1.807, 2.05) is 20.8 Å². The van der Waals surface area contributed by atoms with Gasteiger partial charge in [0.15, 0.2) is 0 Å². The number of nitrogens with zero attached hydrogens (tertiary/aromatic N) is 2. The van der Waals surface area contributed by atoms with Crippen molar-refractivity contribution in [3.63, 3.8) is 0 Å². The van der Waals surface area contributed by atoms with Gasteiger partial charge in [0, 0.05) is 20.4 Å². The first-order valence-corrected chi connectivity index (χ1v) is 4.58. The van der Waals surface area contributed by atoms with E-state index in [0.29, 0.717) is 12.1 Å². The summed E-state index contributed by atoms with van der Waals surface area (Å²) >= 11 is 0. The van der Waals surface area contributed by atoms with Crippen molar-refractivity contribution >= 4 is 5.71 Å². The quantitative estimate of drug-likeness (QED) is 0.180. The standard InChI is InChI=1S/C10H19N2O2/c1-6-8-12(14)9(7-2)10(3,4)11(5)13/h13-14H,7H2,1-5H3/q+1/b12-9-. The summed E-state index contributed by atoms with van der Waals surface area (Å²) in [5.74, 6) is 2.60. The smallest absolute Gasteiger partial charge is 0.276 e. The molecular weight excluding hydrogens is 180 g/mol. The highest BCUT2D eigenvalue weighted by atomic mass is 16.5. The maximum absolute atomic E-state index is 9.58. The van der Waals surface area contributed by atoms with Crippen molar-refractivity contribution in [2.45, 2.75) is 39.7 Å². The van der Waals surface area contributed by atoms with E-state index in [2.05, 4.69) is 12.0 Å². The highest BCUT2D eigenvalue weighted by Crippen LogP contribution is 2.14. The van der Waals surface area contributed by atoms with Crippen LogP contribution in [0, 0.1) is 12.0 Å². The van der Waals surface area contributed by atoms with Crippen molar-refractivity contribution in [3.05, 3.63) is 0 Å². The van der Waals surface area contributed by atoms with Crippen LogP contribution in [0.25, 0.3) is 0 Å². The van der Waals surface area contributed by atoms with Crippen LogP contribution in [0.4, 0.5) is 0 Å². The van der Waals surface area contributed by atoms with Crippen LogP contribution in [0.3, 0.4) is 0 Å². The zero-order chi connectivity index (χ0) is 11.4. The zero-order valence-electron chi connectivity index (χ0n) is 9.50. The molecule has 0 unspecified atom stereocenters. The molecule has 0 amide bonds. The molecule has 4 nitrogen and oxygen atoms in total. The first-order chi connectivity index (χ1) is 6.37. The lowest BCUT2D eigenvalue weighted by Gasteiger charge is -2.27. The molecule has 0 heterocycles. The topological polar surface area (TPSA) is 46.7 Å². The van der Waals surface area contributed by atoms with Crippen LogP contribution >= 0.6 is 0 Å². The summed E-state index contributed by atoms with van der Waals surface area (Å²) in [4.78, 5) is 0. The third kappa shape index (κ3) is 2.72. The lowest BCUT2D eigenvalue weighted by Crippen LogP contribution is -2.48. The Morgan fingerprint density at radius 2 is 2.00 bits per heavy atom. The van der Waals surface area contributed by atoms with E-state index < -0.39 is 5.54 Å². The zero-order valence-corrected chi connectivity index (χ0v) is 9.50. The maximum Gasteiger partial charge on any atom is 0.276 e. The van der Waals surface area contributed by atoms with Crippen molar-refractivity contribution in [1.82, 2.24) is 5.06 Å². The molecule has 0 fully saturated rings. The van der Waals surface area contributed by atoms with Gasteiger partial charge in [0.1, 0.15) is 5.54 Å². The van der Waals surface area contributed by atoms with Gasteiger partial charge in [-0.1, -0.05) is 6.92 Å². The monoisotopic (exact) mass is 199 g/mol. The second-order valence-electron chi connectivity index (χ2n) is 3.56. The average Bonchev–Trinajstić information content (AvgIpc) is 2.04. The summed E-state index contributed by atoms with van der Waals surface area (Å²) in [5.41, 5.74) is 0.0183. The third-order valence-electron chi connectivity index (χ3n) is 2.32. The molecule has 0 radical (unpaired) electrons. The van der Waals surface area contributed by atoms with Gasteiger partial charge in [-0.3, -0.25) is 5.21 Å². The van der Waals surface area contributed by atoms with Crippen LogP contribution in [0.15, 0.2) is 0 Å². The Labute approximate surface area is 85.4 Å². The Kier molecular flexibility index (Phi) is 4.61. The van der Waals surface area contributed by atoms with Gasteiger partial charge in [-0.05, 0) is 19.8 Å². The molecule has 80 valence electrons. The van der Waals surface area contributed by atoms with E-state index in [1.54, 1.807) is 14.0 Å². The largest absolute Gasteiger partial charge is 0.313 e. The molecule has 0 aromatic heterocycles. The summed E-state index contributed by atoms with van der Waals surface area (Å²) in [5, 5.41) is 20.1. The van der Waals surface area contributed by atoms with Crippen LogP contribution in [-0.2, 0) is 0 Å². The first-order valence-electron chi connectivity index (χ1n) is 4.58. The summed E-state index contributed by atoms with van der Waals surface area (Å²) < 4.78 is 0.882. The Hall–Kier alpha value is -1.05. The van der Waals surface area contributed by atoms with E-state index in [4.69, 9.17) is 0 Å². The summed E-state index contributed by atoms with van der Waals surface area (Å²) in [6, 6.07) is 2.52. The van der Waals surface area contributed by atoms with E-state index in [1.165, 1.54) is 0 Å². The van der Waals surface area contributed by atoms with Crippen molar-refractivity contribution in [2.24, 2.45) is 0 Å². The van der Waals surface area contributed by atoms with Crippen molar-refractivity contribution in [3.8, 4) is 12.0 Å². The number of rotatable bonds is 3. The van der Waals surface area contributed by atoms with Gasteiger partial charge >= 0.3 is 0 Å². The lowest BCUT2D eigenvalue weighted by atomic mass is 9.96. The molecule has 0 saturated heterocycles. The molecule has 0 spiro atoms. The molecule has 2 N–H and O–H groups in total. The summed E-state index contributed by atoms with van der Waals surface area (Å²) in [7, 11) is 1.54. The Balaban J connectivity index is 5.24. The minimum absolute atomic E-state index is 0.614. The summed E-state index contributed by atoms with van der Waals surface area (Å²) in [6.45, 7) is 7.17. The van der Waals surface area contributed by atoms with Crippen LogP contribution in [-0.4, -0.2) is 38.5 Å². The average molecular weight is 199 g/mol. The normalized spacial score (nSPS) is 13.4. The molecule has 0 aromatic rings. The van der Waals surface area contributed by atoms with Crippen LogP contribution in [0.5, 0.6) is 0 Å². The predicted octanol–water partition coefficient (Wildman–Crippen LogP) is 1.32. The molecule has 0 aliphatic carbocycles. The lowest BCUT2D eigenvalue weighted by molar-refractivity contribution is -0.713. The van der Waals surface area contributed by atoms with Crippen LogP contribution in [0.1, 0.15) is 34.1 Å². The minimum Gasteiger partial charge on any atom is -0.313 e. The van der Waals surface area contributed by atoms with E-state index in [9.17, 15) is 10.4 Å². The van der Waals surface area contributed by atoms with E-state index in [0.717, 1.165) is 9.80 Å². The Bertz CT molecular complexity index is 282. The summed E-state index contributed by atoms with van der Waals surface area (Å²) in [6.07, 6.45) is 0.614. The van der Waals surface area contributed by atoms with E-state index in [-0.39, 0.29) is 0 Å². The second kappa shape index (κ2) is 4.99. The fourth-order valence-corrected chi connectivity index (χ4v) is 1.20. The minimum atomic E-state index is -0.632. The van der Waals surface area contributed by atoms with Gasteiger partial charge in [0.25, 0.3) is 6.04 Å². The Morgan fingerprint density at radius 3 is 2.29 bits per heavy atom. The highest BCUT2D eigenvalue weighted by molar-refractivity contribution is 5.88. The third-order valence-corrected chi connectivity index (χ3v) is 2.32. The van der Waals surface area contributed by atoms with Crippen molar-refractivity contribution in [1.29, 1.82) is 0 Å². The molecule has 0 rings (SSSR count). The molecule has 4 heteroatoms. The SMILES string of the molecule is CC#C/[N+](O)=C(\CC)C(C)(C)N(C)O. The van der Waals surface area contributed by atoms with Gasteiger partial charge < -0.3 is 5.21 Å². The fraction of sp³-hybridized carbons (Fsp3) is 0.700. The number of hydrogen-bond acceptors (Lipinski definition) is 3. The molecular formula is C10H19N2O2+. The van der Waals surface area contributed by atoms with Crippen molar-refractivity contribution < 1.29 is 15.2 Å². The molecule has 0 aliphatic rings. The molecule has 0 bridgehead atoms. The number of hydroxylamine groups is 3. The van der Waals surface area contributed by atoms with Crippen LogP contribution < -0.4 is 0 Å². The van der Waals surface area contributed by atoms with Crippen LogP contribution in [0.2, 0.25) is 0 Å². The van der Waals surface area contributed by atoms with E-state index >= 15 is 0 Å². The predicted molar refractivity (Wildman–Crippen MR) is 54.4 cm³/mol. The molecule has 14 heavy (non-hydrogen) atoms. The number of hydrogen-bond donors (Lipinski definition) is 2.